The van der Waals surface area contributed by atoms with Gasteiger partial charge in [0.1, 0.15) is 16.7 Å². The van der Waals surface area contributed by atoms with Crippen LogP contribution in [0.2, 0.25) is 0 Å². The average molecular weight is 489 g/mol. The fourth-order valence-corrected chi connectivity index (χ4v) is 5.66. The van der Waals surface area contributed by atoms with E-state index in [1.165, 1.54) is 17.3 Å². The fraction of sp³-hybridized carbons (Fsp3) is 0.600. The molecule has 0 saturated carbocycles. The summed E-state index contributed by atoms with van der Waals surface area (Å²) in [4.78, 5) is 32.0. The molecule has 2 amide bonds. The van der Waals surface area contributed by atoms with Gasteiger partial charge in [0.05, 0.1) is 0 Å². The molecule has 0 radical (unpaired) electrons. The van der Waals surface area contributed by atoms with Crippen LogP contribution >= 0.6 is 11.8 Å². The summed E-state index contributed by atoms with van der Waals surface area (Å²) in [7, 11) is 2.18. The van der Waals surface area contributed by atoms with Crippen molar-refractivity contribution >= 4 is 29.3 Å². The van der Waals surface area contributed by atoms with Gasteiger partial charge < -0.3 is 31.1 Å². The van der Waals surface area contributed by atoms with E-state index in [0.29, 0.717) is 19.6 Å². The first-order chi connectivity index (χ1) is 16.3. The van der Waals surface area contributed by atoms with Crippen LogP contribution in [0.5, 0.6) is 0 Å². The highest BCUT2D eigenvalue weighted by Gasteiger charge is 2.44. The number of anilines is 1. The van der Waals surface area contributed by atoms with Crippen molar-refractivity contribution in [3.63, 3.8) is 0 Å². The standard InChI is InChI=1S/C25H40N6O2S/c1-5-31-24(33)21(34-25(31)22(26)23(32)28-16-18(2)3)17-27-20-8-6-19(7-9-20)10-11-30-14-12-29(4)13-15-30/h6-9,21-22,25,27H,2,5,10-17,26H2,1,3-4H3,(H,28,32)/t21-,22-,25?/m1/s1. The molecule has 2 fully saturated rings. The van der Waals surface area contributed by atoms with Crippen molar-refractivity contribution < 1.29 is 9.59 Å². The fourth-order valence-electron chi connectivity index (χ4n) is 4.20. The SMILES string of the molecule is C=C(C)CNC(=O)[C@@H](N)C1S[C@H](CNc2ccc(CCN3CCN(C)CC3)cc2)C(=O)N1CC. The van der Waals surface area contributed by atoms with Gasteiger partial charge in [-0.25, -0.2) is 0 Å². The lowest BCUT2D eigenvalue weighted by Crippen LogP contribution is -2.52. The van der Waals surface area contributed by atoms with Gasteiger partial charge in [0, 0.05) is 58.0 Å². The topological polar surface area (TPSA) is 93.9 Å². The smallest absolute Gasteiger partial charge is 0.240 e. The van der Waals surface area contributed by atoms with E-state index in [2.05, 4.69) is 58.3 Å². The molecule has 2 saturated heterocycles. The molecule has 0 spiro atoms. The Kier molecular flexibility index (Phi) is 9.82. The summed E-state index contributed by atoms with van der Waals surface area (Å²) in [5.41, 5.74) is 9.40. The molecule has 9 heteroatoms. The maximum Gasteiger partial charge on any atom is 0.240 e. The highest BCUT2D eigenvalue weighted by molar-refractivity contribution is 8.01. The third-order valence-corrected chi connectivity index (χ3v) is 7.97. The van der Waals surface area contributed by atoms with E-state index in [1.807, 2.05) is 13.8 Å². The van der Waals surface area contributed by atoms with Crippen molar-refractivity contribution in [3.8, 4) is 0 Å². The summed E-state index contributed by atoms with van der Waals surface area (Å²) >= 11 is 1.47. The second-order valence-corrected chi connectivity index (χ2v) is 10.6. The van der Waals surface area contributed by atoms with Crippen molar-refractivity contribution in [1.82, 2.24) is 20.0 Å². The predicted octanol–water partition coefficient (Wildman–Crippen LogP) is 1.20. The number of rotatable bonds is 11. The maximum absolute atomic E-state index is 12.9. The van der Waals surface area contributed by atoms with Gasteiger partial charge >= 0.3 is 0 Å². The van der Waals surface area contributed by atoms with Crippen LogP contribution in [-0.4, -0.2) is 103 Å². The first kappa shape index (κ1) is 26.5. The van der Waals surface area contributed by atoms with E-state index < -0.39 is 6.04 Å². The summed E-state index contributed by atoms with van der Waals surface area (Å²) in [6, 6.07) is 7.69. The Morgan fingerprint density at radius 3 is 2.53 bits per heavy atom. The number of carbonyl (C=O) groups excluding carboxylic acids is 2. The summed E-state index contributed by atoms with van der Waals surface area (Å²) < 4.78 is 0. The Morgan fingerprint density at radius 2 is 1.91 bits per heavy atom. The summed E-state index contributed by atoms with van der Waals surface area (Å²) in [5.74, 6) is -0.232. The van der Waals surface area contributed by atoms with E-state index in [1.54, 1.807) is 4.90 Å². The van der Waals surface area contributed by atoms with Crippen molar-refractivity contribution in [2.75, 3.05) is 64.7 Å². The summed E-state index contributed by atoms with van der Waals surface area (Å²) in [6.45, 7) is 14.6. The van der Waals surface area contributed by atoms with Crippen LogP contribution in [0.25, 0.3) is 0 Å². The molecular weight excluding hydrogens is 448 g/mol. The van der Waals surface area contributed by atoms with E-state index in [4.69, 9.17) is 5.73 Å². The van der Waals surface area contributed by atoms with Crippen LogP contribution in [0.4, 0.5) is 5.69 Å². The number of likely N-dealkylation sites (N-methyl/N-ethyl adjacent to an activating group) is 2. The van der Waals surface area contributed by atoms with Gasteiger partial charge in [0.25, 0.3) is 0 Å². The molecule has 1 unspecified atom stereocenters. The summed E-state index contributed by atoms with van der Waals surface area (Å²) in [5, 5.41) is 5.54. The number of hydrogen-bond donors (Lipinski definition) is 3. The molecule has 2 aliphatic rings. The molecule has 2 aliphatic heterocycles. The minimum Gasteiger partial charge on any atom is -0.383 e. The normalized spacial score (nSPS) is 22.6. The quantitative estimate of drug-likeness (QED) is 0.403. The van der Waals surface area contributed by atoms with Crippen molar-refractivity contribution in [3.05, 3.63) is 42.0 Å². The van der Waals surface area contributed by atoms with Crippen LogP contribution in [0.1, 0.15) is 19.4 Å². The molecule has 4 N–H and O–H groups in total. The number of amides is 2. The third-order valence-electron chi connectivity index (χ3n) is 6.44. The lowest BCUT2D eigenvalue weighted by Gasteiger charge is -2.32. The van der Waals surface area contributed by atoms with Gasteiger partial charge in [-0.1, -0.05) is 24.3 Å². The number of carbonyl (C=O) groups is 2. The van der Waals surface area contributed by atoms with Crippen molar-refractivity contribution in [1.29, 1.82) is 0 Å². The van der Waals surface area contributed by atoms with Crippen LogP contribution in [-0.2, 0) is 16.0 Å². The Balaban J connectivity index is 1.48. The van der Waals surface area contributed by atoms with Crippen LogP contribution in [0.3, 0.4) is 0 Å². The zero-order valence-electron chi connectivity index (χ0n) is 20.8. The van der Waals surface area contributed by atoms with Crippen molar-refractivity contribution in [2.24, 2.45) is 5.73 Å². The molecule has 0 bridgehead atoms. The molecule has 2 heterocycles. The molecule has 1 aromatic carbocycles. The van der Waals surface area contributed by atoms with Crippen LogP contribution in [0, 0.1) is 0 Å². The number of nitrogens with zero attached hydrogens (tertiary/aromatic N) is 3. The number of thioether (sulfide) groups is 1. The van der Waals surface area contributed by atoms with Gasteiger partial charge in [0.2, 0.25) is 11.8 Å². The highest BCUT2D eigenvalue weighted by Crippen LogP contribution is 2.33. The molecule has 0 aliphatic carbocycles. The average Bonchev–Trinajstić information content (AvgIpc) is 3.16. The number of nitrogens with one attached hydrogen (secondary N) is 2. The molecular formula is C25H40N6O2S. The zero-order valence-corrected chi connectivity index (χ0v) is 21.6. The molecule has 3 rings (SSSR count). The number of hydrogen-bond acceptors (Lipinski definition) is 7. The lowest BCUT2D eigenvalue weighted by atomic mass is 10.1. The molecule has 0 aromatic heterocycles. The Labute approximate surface area is 208 Å². The van der Waals surface area contributed by atoms with Crippen LogP contribution in [0.15, 0.2) is 36.4 Å². The second kappa shape index (κ2) is 12.6. The largest absolute Gasteiger partial charge is 0.383 e. The minimum absolute atomic E-state index is 0.0250. The van der Waals surface area contributed by atoms with Gasteiger partial charge in [-0.05, 0) is 45.0 Å². The van der Waals surface area contributed by atoms with E-state index in [0.717, 1.165) is 50.4 Å². The van der Waals surface area contributed by atoms with Gasteiger partial charge in [0.15, 0.2) is 0 Å². The van der Waals surface area contributed by atoms with Gasteiger partial charge in [-0.15, -0.1) is 11.8 Å². The highest BCUT2D eigenvalue weighted by atomic mass is 32.2. The molecule has 8 nitrogen and oxygen atoms in total. The van der Waals surface area contributed by atoms with Crippen molar-refractivity contribution in [2.45, 2.75) is 36.9 Å². The zero-order chi connectivity index (χ0) is 24.7. The van der Waals surface area contributed by atoms with E-state index in [9.17, 15) is 9.59 Å². The number of benzene rings is 1. The Morgan fingerprint density at radius 1 is 1.24 bits per heavy atom. The maximum atomic E-state index is 12.9. The minimum atomic E-state index is -0.780. The first-order valence-corrected chi connectivity index (χ1v) is 13.1. The molecule has 188 valence electrons. The van der Waals surface area contributed by atoms with E-state index in [-0.39, 0.29) is 22.4 Å². The second-order valence-electron chi connectivity index (χ2n) is 9.31. The Hall–Kier alpha value is -2.07. The number of nitrogens with two attached hydrogens (primary N) is 1. The molecule has 3 atom stereocenters. The first-order valence-electron chi connectivity index (χ1n) is 12.2. The monoisotopic (exact) mass is 488 g/mol. The van der Waals surface area contributed by atoms with Crippen LogP contribution < -0.4 is 16.4 Å². The van der Waals surface area contributed by atoms with Gasteiger partial charge in [-0.2, -0.15) is 0 Å². The predicted molar refractivity (Wildman–Crippen MR) is 141 cm³/mol. The summed E-state index contributed by atoms with van der Waals surface area (Å²) in [6.07, 6.45) is 1.04. The number of piperazine rings is 1. The Bertz CT molecular complexity index is 840. The lowest BCUT2D eigenvalue weighted by molar-refractivity contribution is -0.130. The molecule has 34 heavy (non-hydrogen) atoms. The van der Waals surface area contributed by atoms with Gasteiger partial charge in [-0.3, -0.25) is 9.59 Å². The third kappa shape index (κ3) is 7.21. The molecule has 1 aromatic rings. The van der Waals surface area contributed by atoms with E-state index >= 15 is 0 Å².